The molecule has 1 N–H and O–H groups in total. The normalized spacial score (nSPS) is 17.8. The molecule has 0 spiro atoms. The predicted octanol–water partition coefficient (Wildman–Crippen LogP) is 4.51. The van der Waals surface area contributed by atoms with Gasteiger partial charge in [-0.1, -0.05) is 12.1 Å². The van der Waals surface area contributed by atoms with Crippen molar-refractivity contribution in [3.8, 4) is 5.69 Å². The molecule has 0 saturated carbocycles. The quantitative estimate of drug-likeness (QED) is 0.433. The number of benzene rings is 1. The zero-order valence-corrected chi connectivity index (χ0v) is 19.5. The molecule has 5 rings (SSSR count). The van der Waals surface area contributed by atoms with E-state index in [1.54, 1.807) is 0 Å². The highest BCUT2D eigenvalue weighted by molar-refractivity contribution is 7.80. The standard InChI is InChI=1S/C26H26N6S/c1-30(2)20-11-13-21(14-12-20)31-17-7-10-23(31)25-24(22-9-4-6-16-28-22)29-26(33)32(25)18-19-8-3-5-15-27-19/h3-17,24-25H,18H2,1-2H3,(H,29,33)/t24-,25+/m0/s1. The Bertz CT molecular complexity index is 1220. The van der Waals surface area contributed by atoms with Crippen molar-refractivity contribution < 1.29 is 0 Å². The van der Waals surface area contributed by atoms with Crippen molar-refractivity contribution in [2.75, 3.05) is 19.0 Å². The maximum atomic E-state index is 5.82. The Balaban J connectivity index is 1.57. The number of hydrogen-bond acceptors (Lipinski definition) is 4. The van der Waals surface area contributed by atoms with Crippen LogP contribution in [0.15, 0.2) is 91.4 Å². The van der Waals surface area contributed by atoms with E-state index in [-0.39, 0.29) is 12.1 Å². The number of rotatable bonds is 6. The monoisotopic (exact) mass is 454 g/mol. The van der Waals surface area contributed by atoms with Gasteiger partial charge in [-0.3, -0.25) is 9.97 Å². The number of thiocarbonyl (C=S) groups is 1. The van der Waals surface area contributed by atoms with Crippen molar-refractivity contribution in [3.63, 3.8) is 0 Å². The topological polar surface area (TPSA) is 49.2 Å². The molecular formula is C26H26N6S. The van der Waals surface area contributed by atoms with Crippen LogP contribution < -0.4 is 10.2 Å². The lowest BCUT2D eigenvalue weighted by molar-refractivity contribution is 0.299. The number of hydrogen-bond donors (Lipinski definition) is 1. The summed E-state index contributed by atoms with van der Waals surface area (Å²) in [6.45, 7) is 0.616. The number of anilines is 1. The van der Waals surface area contributed by atoms with Crippen LogP contribution in [0.4, 0.5) is 5.69 Å². The van der Waals surface area contributed by atoms with E-state index in [1.165, 1.54) is 5.69 Å². The average Bonchev–Trinajstić information content (AvgIpc) is 3.45. The van der Waals surface area contributed by atoms with Crippen LogP contribution in [-0.2, 0) is 6.54 Å². The fraction of sp³-hybridized carbons (Fsp3) is 0.192. The molecule has 0 amide bonds. The molecular weight excluding hydrogens is 428 g/mol. The zero-order valence-electron chi connectivity index (χ0n) is 18.7. The molecule has 1 aromatic carbocycles. The van der Waals surface area contributed by atoms with Gasteiger partial charge in [0.15, 0.2) is 5.11 Å². The van der Waals surface area contributed by atoms with E-state index in [0.29, 0.717) is 11.7 Å². The summed E-state index contributed by atoms with van der Waals surface area (Å²) in [4.78, 5) is 13.5. The fourth-order valence-electron chi connectivity index (χ4n) is 4.35. The molecule has 0 aliphatic carbocycles. The van der Waals surface area contributed by atoms with Crippen LogP contribution in [0.2, 0.25) is 0 Å². The van der Waals surface area contributed by atoms with Gasteiger partial charge in [-0.25, -0.2) is 0 Å². The molecule has 6 nitrogen and oxygen atoms in total. The van der Waals surface area contributed by atoms with E-state index in [1.807, 2.05) is 56.8 Å². The zero-order chi connectivity index (χ0) is 22.8. The number of pyridine rings is 2. The van der Waals surface area contributed by atoms with E-state index in [4.69, 9.17) is 12.2 Å². The van der Waals surface area contributed by atoms with Gasteiger partial charge in [0.25, 0.3) is 0 Å². The van der Waals surface area contributed by atoms with Crippen LogP contribution in [0.1, 0.15) is 29.2 Å². The minimum atomic E-state index is -0.0721. The smallest absolute Gasteiger partial charge is 0.170 e. The molecule has 3 aromatic heterocycles. The summed E-state index contributed by atoms with van der Waals surface area (Å²) >= 11 is 5.82. The Labute approximate surface area is 199 Å². The second kappa shape index (κ2) is 9.03. The maximum absolute atomic E-state index is 5.82. The van der Waals surface area contributed by atoms with Crippen molar-refractivity contribution in [1.82, 2.24) is 24.8 Å². The molecule has 33 heavy (non-hydrogen) atoms. The van der Waals surface area contributed by atoms with Gasteiger partial charge in [-0.05, 0) is 72.9 Å². The summed E-state index contributed by atoms with van der Waals surface area (Å²) in [6, 6.07) is 24.7. The van der Waals surface area contributed by atoms with Crippen molar-refractivity contribution in [2.24, 2.45) is 0 Å². The minimum absolute atomic E-state index is 0.0436. The second-order valence-electron chi connectivity index (χ2n) is 8.29. The van der Waals surface area contributed by atoms with Crippen molar-refractivity contribution >= 4 is 23.0 Å². The van der Waals surface area contributed by atoms with E-state index in [2.05, 4.69) is 78.3 Å². The first-order valence-corrected chi connectivity index (χ1v) is 11.4. The highest BCUT2D eigenvalue weighted by Gasteiger charge is 2.41. The Morgan fingerprint density at radius 2 is 1.67 bits per heavy atom. The molecule has 0 bridgehead atoms. The third-order valence-electron chi connectivity index (χ3n) is 5.98. The summed E-state index contributed by atoms with van der Waals surface area (Å²) in [5.41, 5.74) is 5.35. The summed E-state index contributed by atoms with van der Waals surface area (Å²) in [7, 11) is 4.10. The number of nitrogens with zero attached hydrogens (tertiary/aromatic N) is 5. The molecule has 2 atom stereocenters. The van der Waals surface area contributed by atoms with Crippen molar-refractivity contribution in [2.45, 2.75) is 18.6 Å². The average molecular weight is 455 g/mol. The van der Waals surface area contributed by atoms with Gasteiger partial charge >= 0.3 is 0 Å². The van der Waals surface area contributed by atoms with Crippen molar-refractivity contribution in [1.29, 1.82) is 0 Å². The Morgan fingerprint density at radius 1 is 0.909 bits per heavy atom. The van der Waals surface area contributed by atoms with Gasteiger partial charge < -0.3 is 19.7 Å². The highest BCUT2D eigenvalue weighted by atomic mass is 32.1. The summed E-state index contributed by atoms with van der Waals surface area (Å²) in [6.07, 6.45) is 5.76. The molecule has 1 saturated heterocycles. The Kier molecular flexibility index (Phi) is 5.79. The van der Waals surface area contributed by atoms with E-state index in [9.17, 15) is 0 Å². The summed E-state index contributed by atoms with van der Waals surface area (Å²) in [5.74, 6) is 0. The lowest BCUT2D eigenvalue weighted by Gasteiger charge is -2.28. The minimum Gasteiger partial charge on any atom is -0.378 e. The van der Waals surface area contributed by atoms with Gasteiger partial charge in [-0.2, -0.15) is 0 Å². The molecule has 166 valence electrons. The summed E-state index contributed by atoms with van der Waals surface area (Å²) < 4.78 is 2.24. The van der Waals surface area contributed by atoms with E-state index < -0.39 is 0 Å². The lowest BCUT2D eigenvalue weighted by atomic mass is 10.0. The van der Waals surface area contributed by atoms with Gasteiger partial charge in [-0.15, -0.1) is 0 Å². The van der Waals surface area contributed by atoms with Crippen LogP contribution in [0.25, 0.3) is 5.69 Å². The van der Waals surface area contributed by atoms with Crippen LogP contribution in [0.5, 0.6) is 0 Å². The third-order valence-corrected chi connectivity index (χ3v) is 6.34. The van der Waals surface area contributed by atoms with E-state index >= 15 is 0 Å². The predicted molar refractivity (Wildman–Crippen MR) is 135 cm³/mol. The van der Waals surface area contributed by atoms with Gasteiger partial charge in [0.05, 0.1) is 30.0 Å². The SMILES string of the molecule is CN(C)c1ccc(-n2cccc2[C@@H]2[C@H](c3ccccn3)NC(=S)N2Cc2ccccn2)cc1. The van der Waals surface area contributed by atoms with Gasteiger partial charge in [0.1, 0.15) is 0 Å². The first-order valence-electron chi connectivity index (χ1n) is 10.9. The Morgan fingerprint density at radius 3 is 2.33 bits per heavy atom. The lowest BCUT2D eigenvalue weighted by Crippen LogP contribution is -2.30. The molecule has 0 unspecified atom stereocenters. The molecule has 1 aliphatic heterocycles. The van der Waals surface area contributed by atoms with E-state index in [0.717, 1.165) is 22.8 Å². The molecule has 1 fully saturated rings. The second-order valence-corrected chi connectivity index (χ2v) is 8.68. The fourth-order valence-corrected chi connectivity index (χ4v) is 4.65. The van der Waals surface area contributed by atoms with Crippen LogP contribution >= 0.6 is 12.2 Å². The molecule has 7 heteroatoms. The first-order chi connectivity index (χ1) is 16.1. The summed E-state index contributed by atoms with van der Waals surface area (Å²) in [5, 5.41) is 4.23. The largest absolute Gasteiger partial charge is 0.378 e. The first kappa shape index (κ1) is 21.2. The van der Waals surface area contributed by atoms with Crippen LogP contribution in [0.3, 0.4) is 0 Å². The molecule has 4 heterocycles. The van der Waals surface area contributed by atoms with Gasteiger partial charge in [0, 0.05) is 49.8 Å². The number of nitrogens with one attached hydrogen (secondary N) is 1. The van der Waals surface area contributed by atoms with Crippen molar-refractivity contribution in [3.05, 3.63) is 108 Å². The molecule has 4 aromatic rings. The highest BCUT2D eigenvalue weighted by Crippen LogP contribution is 2.40. The third kappa shape index (κ3) is 4.19. The number of aromatic nitrogens is 3. The maximum Gasteiger partial charge on any atom is 0.170 e. The molecule has 1 aliphatic rings. The molecule has 0 radical (unpaired) electrons. The van der Waals surface area contributed by atoms with Gasteiger partial charge in [0.2, 0.25) is 0 Å². The van der Waals surface area contributed by atoms with Crippen LogP contribution in [-0.4, -0.2) is 38.6 Å². The van der Waals surface area contributed by atoms with Crippen LogP contribution in [0, 0.1) is 0 Å². The Hall–Kier alpha value is -3.71.